The van der Waals surface area contributed by atoms with Gasteiger partial charge in [0.05, 0.1) is 0 Å². The third kappa shape index (κ3) is 4.21. The zero-order valence-electron chi connectivity index (χ0n) is 14.1. The number of hydrogen-bond donors (Lipinski definition) is 1. The zero-order chi connectivity index (χ0) is 15.8. The van der Waals surface area contributed by atoms with Crippen molar-refractivity contribution in [3.63, 3.8) is 0 Å². The molecule has 0 aromatic carbocycles. The summed E-state index contributed by atoms with van der Waals surface area (Å²) >= 11 is 0. The van der Waals surface area contributed by atoms with E-state index in [1.165, 1.54) is 0 Å². The van der Waals surface area contributed by atoms with Gasteiger partial charge >= 0.3 is 0 Å². The summed E-state index contributed by atoms with van der Waals surface area (Å²) in [5.74, 6) is 0.983. The highest BCUT2D eigenvalue weighted by Crippen LogP contribution is 2.38. The van der Waals surface area contributed by atoms with E-state index < -0.39 is 0 Å². The zero-order valence-corrected chi connectivity index (χ0v) is 14.1. The summed E-state index contributed by atoms with van der Waals surface area (Å²) < 4.78 is 0. The molecule has 2 aliphatic rings. The third-order valence-corrected chi connectivity index (χ3v) is 4.38. The molecule has 120 valence electrons. The Hall–Kier alpha value is -1.06. The molecule has 1 aliphatic heterocycles. The van der Waals surface area contributed by atoms with E-state index in [0.717, 1.165) is 25.7 Å². The van der Waals surface area contributed by atoms with Crippen LogP contribution in [0.15, 0.2) is 0 Å². The molecule has 4 nitrogen and oxygen atoms in total. The lowest BCUT2D eigenvalue weighted by molar-refractivity contribution is -0.151. The lowest BCUT2D eigenvalue weighted by Gasteiger charge is -2.40. The molecule has 2 atom stereocenters. The summed E-state index contributed by atoms with van der Waals surface area (Å²) in [4.78, 5) is 27.1. The van der Waals surface area contributed by atoms with E-state index in [2.05, 4.69) is 39.9 Å². The Bertz CT molecular complexity index is 408. The van der Waals surface area contributed by atoms with Gasteiger partial charge in [0.25, 0.3) is 0 Å². The third-order valence-electron chi connectivity index (χ3n) is 4.38. The molecule has 2 rings (SSSR count). The van der Waals surface area contributed by atoms with Gasteiger partial charge in [-0.25, -0.2) is 0 Å². The van der Waals surface area contributed by atoms with Crippen molar-refractivity contribution in [1.29, 1.82) is 0 Å². The molecule has 1 aliphatic carbocycles. The highest BCUT2D eigenvalue weighted by molar-refractivity contribution is 5.97. The Morgan fingerprint density at radius 1 is 1.24 bits per heavy atom. The maximum atomic E-state index is 12.8. The Morgan fingerprint density at radius 3 is 2.33 bits per heavy atom. The van der Waals surface area contributed by atoms with Gasteiger partial charge in [-0.3, -0.25) is 9.59 Å². The summed E-state index contributed by atoms with van der Waals surface area (Å²) in [6, 6.07) is -0.546. The molecular formula is C17H30N2O2. The first kappa shape index (κ1) is 16.3. The number of rotatable bonds is 5. The number of nitrogens with one attached hydrogen (secondary N) is 1. The largest absolute Gasteiger partial charge is 0.342 e. The van der Waals surface area contributed by atoms with E-state index >= 15 is 0 Å². The standard InChI is InChI=1S/C17H30N2O2/c1-11(2)10-13-16(21)19(9-8-17(3,4)5)14(12-6-7-12)15(20)18-13/h11-14H,6-10H2,1-5H3,(H,18,20). The minimum absolute atomic E-state index is 0.0664. The predicted octanol–water partition coefficient (Wildman–Crippen LogP) is 2.57. The van der Waals surface area contributed by atoms with Gasteiger partial charge in [0.1, 0.15) is 12.1 Å². The van der Waals surface area contributed by atoms with E-state index in [1.807, 2.05) is 4.90 Å². The quantitative estimate of drug-likeness (QED) is 0.847. The van der Waals surface area contributed by atoms with Crippen LogP contribution in [0.5, 0.6) is 0 Å². The second-order valence-electron chi connectivity index (χ2n) is 8.32. The Morgan fingerprint density at radius 2 is 1.86 bits per heavy atom. The van der Waals surface area contributed by atoms with Gasteiger partial charge in [-0.1, -0.05) is 34.6 Å². The van der Waals surface area contributed by atoms with Gasteiger partial charge < -0.3 is 10.2 Å². The van der Waals surface area contributed by atoms with Crippen LogP contribution in [0.25, 0.3) is 0 Å². The van der Waals surface area contributed by atoms with Gasteiger partial charge in [0, 0.05) is 6.54 Å². The average Bonchev–Trinajstić information content (AvgIpc) is 3.13. The highest BCUT2D eigenvalue weighted by Gasteiger charge is 2.47. The number of carbonyl (C=O) groups excluding carboxylic acids is 2. The monoisotopic (exact) mass is 294 g/mol. The van der Waals surface area contributed by atoms with Crippen LogP contribution in [0.3, 0.4) is 0 Å². The minimum Gasteiger partial charge on any atom is -0.342 e. The van der Waals surface area contributed by atoms with Crippen molar-refractivity contribution in [3.8, 4) is 0 Å². The average molecular weight is 294 g/mol. The summed E-state index contributed by atoms with van der Waals surface area (Å²) in [5.41, 5.74) is 0.176. The van der Waals surface area contributed by atoms with Crippen LogP contribution in [0.1, 0.15) is 60.3 Å². The smallest absolute Gasteiger partial charge is 0.245 e. The van der Waals surface area contributed by atoms with Gasteiger partial charge in [-0.15, -0.1) is 0 Å². The van der Waals surface area contributed by atoms with Crippen LogP contribution in [-0.4, -0.2) is 35.3 Å². The van der Waals surface area contributed by atoms with Crippen LogP contribution in [-0.2, 0) is 9.59 Å². The van der Waals surface area contributed by atoms with E-state index in [0.29, 0.717) is 18.4 Å². The van der Waals surface area contributed by atoms with Gasteiger partial charge in [-0.05, 0) is 42.9 Å². The van der Waals surface area contributed by atoms with Crippen LogP contribution in [0.2, 0.25) is 0 Å². The molecule has 0 aromatic rings. The lowest BCUT2D eigenvalue weighted by Crippen LogP contribution is -2.64. The van der Waals surface area contributed by atoms with Gasteiger partial charge in [-0.2, -0.15) is 0 Å². The number of hydrogen-bond acceptors (Lipinski definition) is 2. The fourth-order valence-corrected chi connectivity index (χ4v) is 3.01. The first-order valence-corrected chi connectivity index (χ1v) is 8.30. The molecule has 21 heavy (non-hydrogen) atoms. The summed E-state index contributed by atoms with van der Waals surface area (Å²) in [6.45, 7) is 11.4. The van der Waals surface area contributed by atoms with Crippen LogP contribution >= 0.6 is 0 Å². The van der Waals surface area contributed by atoms with Crippen molar-refractivity contribution in [2.45, 2.75) is 72.4 Å². The number of piperazine rings is 1. The molecule has 1 saturated heterocycles. The second-order valence-corrected chi connectivity index (χ2v) is 8.32. The summed E-state index contributed by atoms with van der Waals surface area (Å²) in [5, 5.41) is 2.97. The molecule has 0 bridgehead atoms. The van der Waals surface area contributed by atoms with Gasteiger partial charge in [0.15, 0.2) is 0 Å². The number of amides is 2. The number of nitrogens with zero attached hydrogens (tertiary/aromatic N) is 1. The second kappa shape index (κ2) is 5.98. The van der Waals surface area contributed by atoms with E-state index in [9.17, 15) is 9.59 Å². The highest BCUT2D eigenvalue weighted by atomic mass is 16.2. The van der Waals surface area contributed by atoms with Crippen molar-refractivity contribution in [2.75, 3.05) is 6.54 Å². The Balaban J connectivity index is 2.12. The van der Waals surface area contributed by atoms with Crippen LogP contribution in [0.4, 0.5) is 0 Å². The van der Waals surface area contributed by atoms with E-state index in [-0.39, 0.29) is 29.3 Å². The fraction of sp³-hybridized carbons (Fsp3) is 0.882. The fourth-order valence-electron chi connectivity index (χ4n) is 3.01. The molecule has 1 N–H and O–H groups in total. The van der Waals surface area contributed by atoms with Crippen molar-refractivity contribution in [3.05, 3.63) is 0 Å². The molecule has 1 saturated carbocycles. The van der Waals surface area contributed by atoms with Crippen LogP contribution in [0, 0.1) is 17.3 Å². The molecule has 0 aromatic heterocycles. The van der Waals surface area contributed by atoms with Crippen molar-refractivity contribution in [2.24, 2.45) is 17.3 Å². The molecule has 2 unspecified atom stereocenters. The van der Waals surface area contributed by atoms with E-state index in [4.69, 9.17) is 0 Å². The molecular weight excluding hydrogens is 264 g/mol. The molecule has 2 fully saturated rings. The van der Waals surface area contributed by atoms with Crippen LogP contribution < -0.4 is 5.32 Å². The maximum Gasteiger partial charge on any atom is 0.245 e. The molecule has 1 heterocycles. The SMILES string of the molecule is CC(C)CC1NC(=O)C(C2CC2)N(CCC(C)(C)C)C1=O. The Labute approximate surface area is 128 Å². The minimum atomic E-state index is -0.326. The molecule has 0 radical (unpaired) electrons. The number of carbonyl (C=O) groups is 2. The van der Waals surface area contributed by atoms with Crippen molar-refractivity contribution in [1.82, 2.24) is 10.2 Å². The normalized spacial score (nSPS) is 27.2. The van der Waals surface area contributed by atoms with Crippen molar-refractivity contribution < 1.29 is 9.59 Å². The predicted molar refractivity (Wildman–Crippen MR) is 83.7 cm³/mol. The summed E-state index contributed by atoms with van der Waals surface area (Å²) in [7, 11) is 0. The topological polar surface area (TPSA) is 49.4 Å². The maximum absolute atomic E-state index is 12.8. The molecule has 4 heteroatoms. The molecule has 0 spiro atoms. The van der Waals surface area contributed by atoms with E-state index in [1.54, 1.807) is 0 Å². The first-order chi connectivity index (χ1) is 9.69. The summed E-state index contributed by atoms with van der Waals surface area (Å²) in [6.07, 6.45) is 3.82. The van der Waals surface area contributed by atoms with Gasteiger partial charge in [0.2, 0.25) is 11.8 Å². The van der Waals surface area contributed by atoms with Crippen molar-refractivity contribution >= 4 is 11.8 Å². The Kier molecular flexibility index (Phi) is 4.64. The lowest BCUT2D eigenvalue weighted by atomic mass is 9.90. The molecule has 2 amide bonds. The first-order valence-electron chi connectivity index (χ1n) is 8.30.